The van der Waals surface area contributed by atoms with E-state index in [0.717, 1.165) is 13.0 Å². The van der Waals surface area contributed by atoms with Crippen LogP contribution in [0.5, 0.6) is 0 Å². The Bertz CT molecular complexity index is 603. The molecule has 1 aromatic heterocycles. The van der Waals surface area contributed by atoms with Crippen LogP contribution in [0.15, 0.2) is 37.8 Å². The molecule has 6 heteroatoms. The van der Waals surface area contributed by atoms with Gasteiger partial charge in [0, 0.05) is 10.0 Å². The van der Waals surface area contributed by atoms with Crippen molar-refractivity contribution >= 4 is 43.5 Å². The van der Waals surface area contributed by atoms with Gasteiger partial charge in [-0.25, -0.2) is 4.39 Å². The van der Waals surface area contributed by atoms with Crippen LogP contribution in [0.1, 0.15) is 30.7 Å². The van der Waals surface area contributed by atoms with Crippen LogP contribution in [0.4, 0.5) is 4.39 Å². The number of rotatable bonds is 5. The predicted octanol–water partition coefficient (Wildman–Crippen LogP) is 5.69. The fraction of sp³-hybridized carbons (Fsp3) is 0.286. The van der Waals surface area contributed by atoms with Crippen molar-refractivity contribution in [1.29, 1.82) is 0 Å². The molecule has 0 bridgehead atoms. The van der Waals surface area contributed by atoms with Gasteiger partial charge in [-0.1, -0.05) is 18.5 Å². The first-order valence-corrected chi connectivity index (χ1v) is 8.12. The Balaban J connectivity index is 2.43. The molecule has 0 aliphatic carbocycles. The molecular formula is C14H13Br2ClFNO. The van der Waals surface area contributed by atoms with Crippen molar-refractivity contribution < 1.29 is 8.81 Å². The van der Waals surface area contributed by atoms with E-state index < -0.39 is 0 Å². The molecule has 1 aromatic carbocycles. The molecule has 1 heterocycles. The van der Waals surface area contributed by atoms with Crippen LogP contribution in [0, 0.1) is 5.82 Å². The minimum atomic E-state index is -0.369. The number of hydrogen-bond acceptors (Lipinski definition) is 2. The summed E-state index contributed by atoms with van der Waals surface area (Å²) in [6.45, 7) is 2.79. The Morgan fingerprint density at radius 3 is 2.70 bits per heavy atom. The molecule has 0 spiro atoms. The van der Waals surface area contributed by atoms with E-state index in [-0.39, 0.29) is 11.9 Å². The number of furan rings is 1. The molecule has 0 aliphatic heterocycles. The molecule has 0 saturated carbocycles. The zero-order chi connectivity index (χ0) is 14.7. The largest absolute Gasteiger partial charge is 0.452 e. The average Bonchev–Trinajstić information content (AvgIpc) is 2.82. The first kappa shape index (κ1) is 16.0. The summed E-state index contributed by atoms with van der Waals surface area (Å²) in [4.78, 5) is 0. The minimum Gasteiger partial charge on any atom is -0.452 e. The van der Waals surface area contributed by atoms with Crippen molar-refractivity contribution in [1.82, 2.24) is 5.32 Å². The summed E-state index contributed by atoms with van der Waals surface area (Å²) in [6.07, 6.45) is 0.935. The number of hydrogen-bond donors (Lipinski definition) is 1. The van der Waals surface area contributed by atoms with Gasteiger partial charge in [0.1, 0.15) is 11.6 Å². The molecule has 2 rings (SSSR count). The fourth-order valence-corrected chi connectivity index (χ4v) is 2.70. The lowest BCUT2D eigenvalue weighted by Gasteiger charge is -2.18. The van der Waals surface area contributed by atoms with Crippen LogP contribution in [-0.2, 0) is 0 Å². The zero-order valence-electron chi connectivity index (χ0n) is 10.7. The molecule has 0 aliphatic rings. The maximum Gasteiger partial charge on any atom is 0.169 e. The van der Waals surface area contributed by atoms with Gasteiger partial charge in [-0.05, 0) is 69.1 Å². The highest BCUT2D eigenvalue weighted by Gasteiger charge is 2.22. The lowest BCUT2D eigenvalue weighted by molar-refractivity contribution is 0.424. The molecule has 0 amide bonds. The summed E-state index contributed by atoms with van der Waals surface area (Å²) in [5.74, 6) is 0.310. The second kappa shape index (κ2) is 7.07. The first-order chi connectivity index (χ1) is 9.52. The SMILES string of the molecule is CCCNC(c1ccc(Br)o1)c1cc(Cl)c(Br)cc1F. The maximum absolute atomic E-state index is 14.2. The fourth-order valence-electron chi connectivity index (χ4n) is 1.90. The normalized spacial score (nSPS) is 12.7. The Kier molecular flexibility index (Phi) is 5.66. The summed E-state index contributed by atoms with van der Waals surface area (Å²) in [5, 5.41) is 3.74. The monoisotopic (exact) mass is 423 g/mol. The van der Waals surface area contributed by atoms with Crippen LogP contribution in [-0.4, -0.2) is 6.54 Å². The van der Waals surface area contributed by atoms with Gasteiger partial charge in [0.05, 0.1) is 11.1 Å². The number of nitrogens with one attached hydrogen (secondary N) is 1. The van der Waals surface area contributed by atoms with E-state index >= 15 is 0 Å². The summed E-state index contributed by atoms with van der Waals surface area (Å²) in [7, 11) is 0. The van der Waals surface area contributed by atoms with E-state index in [9.17, 15) is 4.39 Å². The second-order valence-corrected chi connectivity index (χ2v) is 6.36. The molecule has 2 aromatic rings. The van der Waals surface area contributed by atoms with Crippen LogP contribution in [0.2, 0.25) is 5.02 Å². The zero-order valence-corrected chi connectivity index (χ0v) is 14.6. The Morgan fingerprint density at radius 1 is 1.35 bits per heavy atom. The molecule has 1 atom stereocenters. The van der Waals surface area contributed by atoms with Gasteiger partial charge < -0.3 is 9.73 Å². The van der Waals surface area contributed by atoms with Crippen LogP contribution >= 0.6 is 43.5 Å². The molecule has 0 fully saturated rings. The van der Waals surface area contributed by atoms with E-state index in [1.807, 2.05) is 13.0 Å². The highest BCUT2D eigenvalue weighted by atomic mass is 79.9. The second-order valence-electron chi connectivity index (χ2n) is 4.32. The third kappa shape index (κ3) is 3.64. The van der Waals surface area contributed by atoms with Gasteiger partial charge in [0.25, 0.3) is 0 Å². The van der Waals surface area contributed by atoms with Crippen molar-refractivity contribution in [2.45, 2.75) is 19.4 Å². The predicted molar refractivity (Wildman–Crippen MR) is 85.7 cm³/mol. The highest BCUT2D eigenvalue weighted by Crippen LogP contribution is 2.33. The van der Waals surface area contributed by atoms with Gasteiger partial charge in [0.2, 0.25) is 0 Å². The van der Waals surface area contributed by atoms with Gasteiger partial charge >= 0.3 is 0 Å². The summed E-state index contributed by atoms with van der Waals surface area (Å²) in [6, 6.07) is 6.22. The first-order valence-electron chi connectivity index (χ1n) is 6.16. The molecule has 2 nitrogen and oxygen atoms in total. The lowest BCUT2D eigenvalue weighted by Crippen LogP contribution is -2.23. The standard InChI is InChI=1S/C14H13Br2ClFNO/c1-2-5-19-14(12-3-4-13(16)20-12)8-6-10(17)9(15)7-11(8)18/h3-4,6-7,14,19H,2,5H2,1H3. The van der Waals surface area contributed by atoms with E-state index in [1.54, 1.807) is 12.1 Å². The van der Waals surface area contributed by atoms with E-state index in [4.69, 9.17) is 16.0 Å². The maximum atomic E-state index is 14.2. The van der Waals surface area contributed by atoms with Crippen LogP contribution < -0.4 is 5.32 Å². The van der Waals surface area contributed by atoms with Gasteiger partial charge in [-0.15, -0.1) is 0 Å². The topological polar surface area (TPSA) is 25.2 Å². The highest BCUT2D eigenvalue weighted by molar-refractivity contribution is 9.10. The van der Waals surface area contributed by atoms with Crippen LogP contribution in [0.3, 0.4) is 0 Å². The van der Waals surface area contributed by atoms with Crippen molar-refractivity contribution in [3.05, 3.63) is 55.6 Å². The molecule has 0 radical (unpaired) electrons. The van der Waals surface area contributed by atoms with Crippen molar-refractivity contribution in [3.63, 3.8) is 0 Å². The van der Waals surface area contributed by atoms with Crippen molar-refractivity contribution in [2.24, 2.45) is 0 Å². The average molecular weight is 426 g/mol. The quantitative estimate of drug-likeness (QED) is 0.623. The van der Waals surface area contributed by atoms with E-state index in [0.29, 0.717) is 25.5 Å². The number of benzene rings is 1. The Labute approximate surface area is 138 Å². The molecule has 1 N–H and O–H groups in total. The van der Waals surface area contributed by atoms with E-state index in [1.165, 1.54) is 6.07 Å². The Morgan fingerprint density at radius 2 is 2.10 bits per heavy atom. The minimum absolute atomic E-state index is 0.331. The van der Waals surface area contributed by atoms with Gasteiger partial charge in [0.15, 0.2) is 4.67 Å². The summed E-state index contributed by atoms with van der Waals surface area (Å²) in [5.41, 5.74) is 0.466. The van der Waals surface area contributed by atoms with Crippen molar-refractivity contribution in [2.75, 3.05) is 6.54 Å². The molecule has 20 heavy (non-hydrogen) atoms. The third-order valence-corrected chi connectivity index (χ3v) is 4.45. The van der Waals surface area contributed by atoms with Gasteiger partial charge in [-0.2, -0.15) is 0 Å². The molecule has 1 unspecified atom stereocenters. The van der Waals surface area contributed by atoms with Crippen LogP contribution in [0.25, 0.3) is 0 Å². The lowest BCUT2D eigenvalue weighted by atomic mass is 10.0. The molecule has 108 valence electrons. The third-order valence-electron chi connectivity index (χ3n) is 2.83. The van der Waals surface area contributed by atoms with Gasteiger partial charge in [-0.3, -0.25) is 0 Å². The molecule has 0 saturated heterocycles. The van der Waals surface area contributed by atoms with Crippen molar-refractivity contribution in [3.8, 4) is 0 Å². The number of halogens is 4. The molecular weight excluding hydrogens is 412 g/mol. The summed E-state index contributed by atoms with van der Waals surface area (Å²) < 4.78 is 20.9. The smallest absolute Gasteiger partial charge is 0.169 e. The summed E-state index contributed by atoms with van der Waals surface area (Å²) >= 11 is 12.6. The van der Waals surface area contributed by atoms with E-state index in [2.05, 4.69) is 37.2 Å². The Hall–Kier alpha value is -0.360.